The number of pyridine rings is 1. The SMILES string of the molecule is CCc1cc(C(=O)N2CCCC2(CC)C(=O)O)cc(Cl)n1. The van der Waals surface area contributed by atoms with E-state index in [0.29, 0.717) is 37.8 Å². The molecule has 0 bridgehead atoms. The van der Waals surface area contributed by atoms with Crippen LogP contribution in [0.15, 0.2) is 12.1 Å². The Morgan fingerprint density at radius 2 is 2.14 bits per heavy atom. The fourth-order valence-electron chi connectivity index (χ4n) is 2.93. The summed E-state index contributed by atoms with van der Waals surface area (Å²) in [4.78, 5) is 30.0. The number of amides is 1. The first kappa shape index (κ1) is 15.8. The van der Waals surface area contributed by atoms with E-state index in [1.54, 1.807) is 13.0 Å². The van der Waals surface area contributed by atoms with Crippen molar-refractivity contribution in [2.45, 2.75) is 45.1 Å². The van der Waals surface area contributed by atoms with Crippen LogP contribution >= 0.6 is 11.6 Å². The molecule has 0 saturated carbocycles. The van der Waals surface area contributed by atoms with Gasteiger partial charge in [0.2, 0.25) is 0 Å². The smallest absolute Gasteiger partial charge is 0.329 e. The highest BCUT2D eigenvalue weighted by Gasteiger charge is 2.48. The lowest BCUT2D eigenvalue weighted by atomic mass is 9.92. The largest absolute Gasteiger partial charge is 0.479 e. The van der Waals surface area contributed by atoms with E-state index < -0.39 is 11.5 Å². The Morgan fingerprint density at radius 3 is 2.71 bits per heavy atom. The normalized spacial score (nSPS) is 21.6. The first-order valence-corrected chi connectivity index (χ1v) is 7.54. The van der Waals surface area contributed by atoms with Crippen LogP contribution in [0.4, 0.5) is 0 Å². The number of nitrogens with zero attached hydrogens (tertiary/aromatic N) is 2. The molecule has 1 aliphatic heterocycles. The molecule has 1 aromatic rings. The number of aryl methyl sites for hydroxylation is 1. The van der Waals surface area contributed by atoms with Gasteiger partial charge in [0.05, 0.1) is 0 Å². The van der Waals surface area contributed by atoms with Gasteiger partial charge in [-0.1, -0.05) is 25.4 Å². The number of hydrogen-bond acceptors (Lipinski definition) is 3. The molecule has 1 unspecified atom stereocenters. The van der Waals surface area contributed by atoms with Crippen molar-refractivity contribution in [3.05, 3.63) is 28.5 Å². The van der Waals surface area contributed by atoms with E-state index in [-0.39, 0.29) is 11.1 Å². The minimum Gasteiger partial charge on any atom is -0.479 e. The van der Waals surface area contributed by atoms with Gasteiger partial charge in [-0.3, -0.25) is 4.79 Å². The second-order valence-corrected chi connectivity index (χ2v) is 5.66. The Labute approximate surface area is 128 Å². The lowest BCUT2D eigenvalue weighted by molar-refractivity contribution is -0.148. The third-order valence-corrected chi connectivity index (χ3v) is 4.37. The van der Waals surface area contributed by atoms with Gasteiger partial charge in [0.1, 0.15) is 10.7 Å². The van der Waals surface area contributed by atoms with E-state index in [4.69, 9.17) is 11.6 Å². The molecule has 1 N–H and O–H groups in total. The van der Waals surface area contributed by atoms with E-state index in [0.717, 1.165) is 5.69 Å². The molecule has 0 aromatic carbocycles. The number of carbonyl (C=O) groups is 2. The van der Waals surface area contributed by atoms with Crippen molar-refractivity contribution in [2.24, 2.45) is 0 Å². The zero-order valence-electron chi connectivity index (χ0n) is 12.2. The Morgan fingerprint density at radius 1 is 1.43 bits per heavy atom. The van der Waals surface area contributed by atoms with Gasteiger partial charge in [0.15, 0.2) is 0 Å². The second kappa shape index (κ2) is 6.02. The van der Waals surface area contributed by atoms with Crippen molar-refractivity contribution in [1.29, 1.82) is 0 Å². The van der Waals surface area contributed by atoms with Crippen LogP contribution in [0, 0.1) is 0 Å². The molecular weight excluding hydrogens is 292 g/mol. The van der Waals surface area contributed by atoms with Crippen molar-refractivity contribution in [2.75, 3.05) is 6.54 Å². The maximum Gasteiger partial charge on any atom is 0.329 e. The van der Waals surface area contributed by atoms with Crippen LogP contribution in [0.2, 0.25) is 5.15 Å². The molecule has 21 heavy (non-hydrogen) atoms. The third kappa shape index (κ3) is 2.75. The van der Waals surface area contributed by atoms with E-state index in [2.05, 4.69) is 4.98 Å². The molecule has 0 radical (unpaired) electrons. The molecule has 1 aromatic heterocycles. The number of likely N-dealkylation sites (tertiary alicyclic amines) is 1. The molecule has 2 heterocycles. The lowest BCUT2D eigenvalue weighted by Gasteiger charge is -2.34. The van der Waals surface area contributed by atoms with Crippen LogP contribution in [0.5, 0.6) is 0 Å². The highest BCUT2D eigenvalue weighted by atomic mass is 35.5. The number of aromatic nitrogens is 1. The van der Waals surface area contributed by atoms with Crippen molar-refractivity contribution in [3.8, 4) is 0 Å². The number of aliphatic carboxylic acids is 1. The standard InChI is InChI=1S/C15H19ClN2O3/c1-3-11-8-10(9-12(16)17-11)13(19)18-7-5-6-15(18,4-2)14(20)21/h8-9H,3-7H2,1-2H3,(H,20,21). The van der Waals surface area contributed by atoms with Crippen LogP contribution in [0.3, 0.4) is 0 Å². The van der Waals surface area contributed by atoms with Gasteiger partial charge in [-0.05, 0) is 37.8 Å². The predicted molar refractivity (Wildman–Crippen MR) is 79.6 cm³/mol. The summed E-state index contributed by atoms with van der Waals surface area (Å²) in [6.07, 6.45) is 2.25. The summed E-state index contributed by atoms with van der Waals surface area (Å²) in [6, 6.07) is 3.19. The number of carboxylic acid groups (broad SMARTS) is 1. The average molecular weight is 311 g/mol. The summed E-state index contributed by atoms with van der Waals surface area (Å²) in [6.45, 7) is 4.19. The van der Waals surface area contributed by atoms with Crippen molar-refractivity contribution < 1.29 is 14.7 Å². The maximum absolute atomic E-state index is 12.7. The summed E-state index contributed by atoms with van der Waals surface area (Å²) in [5.74, 6) is -1.22. The first-order chi connectivity index (χ1) is 9.94. The van der Waals surface area contributed by atoms with E-state index >= 15 is 0 Å². The van der Waals surface area contributed by atoms with Gasteiger partial charge in [-0.25, -0.2) is 9.78 Å². The van der Waals surface area contributed by atoms with E-state index in [9.17, 15) is 14.7 Å². The van der Waals surface area contributed by atoms with Gasteiger partial charge in [0, 0.05) is 17.8 Å². The number of carboxylic acids is 1. The van der Waals surface area contributed by atoms with Crippen LogP contribution in [0.1, 0.15) is 49.2 Å². The molecule has 2 rings (SSSR count). The maximum atomic E-state index is 12.7. The zero-order valence-corrected chi connectivity index (χ0v) is 13.0. The van der Waals surface area contributed by atoms with Crippen molar-refractivity contribution in [1.82, 2.24) is 9.88 Å². The fraction of sp³-hybridized carbons (Fsp3) is 0.533. The molecule has 114 valence electrons. The topological polar surface area (TPSA) is 70.5 Å². The number of carbonyl (C=O) groups excluding carboxylic acids is 1. The quantitative estimate of drug-likeness (QED) is 0.868. The summed E-state index contributed by atoms with van der Waals surface area (Å²) in [5, 5.41) is 9.81. The average Bonchev–Trinajstić information content (AvgIpc) is 2.90. The first-order valence-electron chi connectivity index (χ1n) is 7.16. The van der Waals surface area contributed by atoms with Crippen LogP contribution in [-0.4, -0.2) is 39.0 Å². The van der Waals surface area contributed by atoms with Crippen LogP contribution in [-0.2, 0) is 11.2 Å². The molecule has 1 atom stereocenters. The highest BCUT2D eigenvalue weighted by Crippen LogP contribution is 2.34. The molecule has 1 aliphatic rings. The Kier molecular flexibility index (Phi) is 4.52. The summed E-state index contributed by atoms with van der Waals surface area (Å²) < 4.78 is 0. The van der Waals surface area contributed by atoms with Gasteiger partial charge in [0.25, 0.3) is 5.91 Å². The second-order valence-electron chi connectivity index (χ2n) is 5.27. The molecule has 0 aliphatic carbocycles. The number of rotatable bonds is 4. The number of hydrogen-bond donors (Lipinski definition) is 1. The van der Waals surface area contributed by atoms with E-state index in [1.807, 2.05) is 6.92 Å². The van der Waals surface area contributed by atoms with Crippen molar-refractivity contribution >= 4 is 23.5 Å². The summed E-state index contributed by atoms with van der Waals surface area (Å²) >= 11 is 5.95. The predicted octanol–water partition coefficient (Wildman–Crippen LogP) is 2.77. The molecule has 5 nitrogen and oxygen atoms in total. The Bertz CT molecular complexity index is 576. The monoisotopic (exact) mass is 310 g/mol. The summed E-state index contributed by atoms with van der Waals surface area (Å²) in [7, 11) is 0. The minimum absolute atomic E-state index is 0.259. The minimum atomic E-state index is -1.10. The fourth-order valence-corrected chi connectivity index (χ4v) is 3.15. The van der Waals surface area contributed by atoms with Crippen LogP contribution in [0.25, 0.3) is 0 Å². The Balaban J connectivity index is 2.39. The molecule has 1 amide bonds. The number of halogens is 1. The van der Waals surface area contributed by atoms with E-state index in [1.165, 1.54) is 11.0 Å². The molecular formula is C15H19ClN2O3. The highest BCUT2D eigenvalue weighted by molar-refractivity contribution is 6.29. The van der Waals surface area contributed by atoms with Crippen LogP contribution < -0.4 is 0 Å². The molecule has 0 spiro atoms. The Hall–Kier alpha value is -1.62. The molecule has 6 heteroatoms. The lowest BCUT2D eigenvalue weighted by Crippen LogP contribution is -2.52. The van der Waals surface area contributed by atoms with Crippen molar-refractivity contribution in [3.63, 3.8) is 0 Å². The van der Waals surface area contributed by atoms with Gasteiger partial charge in [-0.2, -0.15) is 0 Å². The van der Waals surface area contributed by atoms with Gasteiger partial charge in [-0.15, -0.1) is 0 Å². The molecule has 1 fully saturated rings. The van der Waals surface area contributed by atoms with Gasteiger partial charge < -0.3 is 10.0 Å². The third-order valence-electron chi connectivity index (χ3n) is 4.17. The zero-order chi connectivity index (χ0) is 15.6. The summed E-state index contributed by atoms with van der Waals surface area (Å²) in [5.41, 5.74) is 0.0365. The van der Waals surface area contributed by atoms with Gasteiger partial charge >= 0.3 is 5.97 Å². The molecule has 1 saturated heterocycles.